The molecule has 186 valence electrons. The van der Waals surface area contributed by atoms with E-state index in [1.165, 1.54) is 6.07 Å². The highest BCUT2D eigenvalue weighted by molar-refractivity contribution is 6.34. The molecule has 2 aromatic carbocycles. The number of benzene rings is 2. The highest BCUT2D eigenvalue weighted by Crippen LogP contribution is 2.47. The van der Waals surface area contributed by atoms with Crippen LogP contribution in [0.1, 0.15) is 31.2 Å². The molecular formula is C27H27ClFN5O2. The number of likely N-dealkylation sites (tertiary alicyclic amines) is 1. The largest absolute Gasteiger partial charge is 0.378 e. The predicted molar refractivity (Wildman–Crippen MR) is 135 cm³/mol. The van der Waals surface area contributed by atoms with E-state index < -0.39 is 11.4 Å². The van der Waals surface area contributed by atoms with Crippen molar-refractivity contribution in [2.24, 2.45) is 23.9 Å². The standard InChI is InChI=1S/C27H27ClFN5O2/c1-32-22-11-18(5-7-20(22)23(28)31-32)17-4-6-19(21(29)10-17)24-30-27(8-9-27)26(36)34(24)14-15-12-33(13-15)25(35)16-2-3-16/h4-7,10-11,15-16,25,35H,2-3,8-9,12-14H2,1H3. The second-order valence-corrected chi connectivity index (χ2v) is 11.2. The smallest absolute Gasteiger partial charge is 0.256 e. The number of aromatic nitrogens is 2. The SMILES string of the molecule is Cn1nc(Cl)c2ccc(-c3ccc(C4=NC5(CC5)C(=O)N4CC4CN(C(O)C5CC5)C4)c(F)c3)cc21. The topological polar surface area (TPSA) is 74.0 Å². The maximum atomic E-state index is 15.6. The lowest BCUT2D eigenvalue weighted by Crippen LogP contribution is -2.57. The van der Waals surface area contributed by atoms with Crippen molar-refractivity contribution in [3.05, 3.63) is 52.9 Å². The number of aliphatic hydroxyl groups is 1. The second kappa shape index (κ2) is 7.84. The molecule has 2 aliphatic heterocycles. The summed E-state index contributed by atoms with van der Waals surface area (Å²) in [5.74, 6) is 0.678. The maximum Gasteiger partial charge on any atom is 0.256 e. The van der Waals surface area contributed by atoms with E-state index in [0.717, 1.165) is 60.8 Å². The number of aliphatic imine (C=N–C) groups is 1. The first-order valence-corrected chi connectivity index (χ1v) is 13.0. The van der Waals surface area contributed by atoms with Crippen LogP contribution in [0.3, 0.4) is 0 Å². The number of halogens is 2. The fourth-order valence-electron chi connectivity index (χ4n) is 5.64. The molecule has 2 saturated carbocycles. The van der Waals surface area contributed by atoms with Crippen LogP contribution in [0.2, 0.25) is 5.15 Å². The van der Waals surface area contributed by atoms with E-state index in [0.29, 0.717) is 29.0 Å². The third kappa shape index (κ3) is 3.49. The molecule has 9 heteroatoms. The van der Waals surface area contributed by atoms with Crippen molar-refractivity contribution in [3.63, 3.8) is 0 Å². The number of amidine groups is 1. The van der Waals surface area contributed by atoms with Crippen molar-refractivity contribution in [1.29, 1.82) is 0 Å². The van der Waals surface area contributed by atoms with Gasteiger partial charge in [0.1, 0.15) is 23.4 Å². The van der Waals surface area contributed by atoms with E-state index >= 15 is 4.39 Å². The Hall–Kier alpha value is -2.81. The quantitative estimate of drug-likeness (QED) is 0.550. The van der Waals surface area contributed by atoms with Crippen molar-refractivity contribution in [3.8, 4) is 11.1 Å². The number of hydrogen-bond donors (Lipinski definition) is 1. The first-order valence-electron chi connectivity index (χ1n) is 12.6. The van der Waals surface area contributed by atoms with Crippen LogP contribution < -0.4 is 0 Å². The third-order valence-corrected chi connectivity index (χ3v) is 8.42. The Bertz CT molecular complexity index is 1440. The summed E-state index contributed by atoms with van der Waals surface area (Å²) in [4.78, 5) is 21.8. The molecule has 1 saturated heterocycles. The number of fused-ring (bicyclic) bond motifs is 1. The van der Waals surface area contributed by atoms with Gasteiger partial charge in [-0.05, 0) is 67.0 Å². The molecular weight excluding hydrogens is 481 g/mol. The predicted octanol–water partition coefficient (Wildman–Crippen LogP) is 3.81. The molecule has 1 spiro atoms. The highest BCUT2D eigenvalue weighted by Gasteiger charge is 2.58. The van der Waals surface area contributed by atoms with Crippen molar-refractivity contribution in [2.45, 2.75) is 37.5 Å². The number of carbonyl (C=O) groups is 1. The molecule has 1 N–H and O–H groups in total. The van der Waals surface area contributed by atoms with Crippen molar-refractivity contribution >= 4 is 34.2 Å². The lowest BCUT2D eigenvalue weighted by molar-refractivity contribution is -0.130. The average molecular weight is 508 g/mol. The van der Waals surface area contributed by atoms with Gasteiger partial charge in [-0.2, -0.15) is 5.10 Å². The summed E-state index contributed by atoms with van der Waals surface area (Å²) >= 11 is 6.19. The Morgan fingerprint density at radius 2 is 1.89 bits per heavy atom. The van der Waals surface area contributed by atoms with Gasteiger partial charge in [0.15, 0.2) is 5.15 Å². The molecule has 0 radical (unpaired) electrons. The van der Waals surface area contributed by atoms with E-state index in [1.807, 2.05) is 31.3 Å². The number of rotatable bonds is 6. The van der Waals surface area contributed by atoms with Gasteiger partial charge in [-0.15, -0.1) is 0 Å². The van der Waals surface area contributed by atoms with Crippen LogP contribution in [0.15, 0.2) is 41.4 Å². The number of aliphatic hydroxyl groups excluding tert-OH is 1. The van der Waals surface area contributed by atoms with Gasteiger partial charge in [-0.3, -0.25) is 24.3 Å². The highest BCUT2D eigenvalue weighted by atomic mass is 35.5. The minimum atomic E-state index is -0.693. The summed E-state index contributed by atoms with van der Waals surface area (Å²) in [6, 6.07) is 10.9. The zero-order chi connectivity index (χ0) is 24.8. The Balaban J connectivity index is 1.15. The molecule has 1 amide bonds. The normalized spacial score (nSPS) is 22.4. The number of nitrogens with zero attached hydrogens (tertiary/aromatic N) is 5. The van der Waals surface area contributed by atoms with Crippen molar-refractivity contribution in [2.75, 3.05) is 19.6 Å². The molecule has 4 aliphatic rings. The number of aryl methyl sites for hydroxylation is 1. The number of hydrogen-bond acceptors (Lipinski definition) is 5. The van der Waals surface area contributed by atoms with Crippen molar-refractivity contribution in [1.82, 2.24) is 19.6 Å². The number of amides is 1. The van der Waals surface area contributed by atoms with Crippen LogP contribution in [0, 0.1) is 17.7 Å². The van der Waals surface area contributed by atoms with Crippen LogP contribution >= 0.6 is 11.6 Å². The molecule has 2 aliphatic carbocycles. The molecule has 1 atom stereocenters. The summed E-state index contributed by atoms with van der Waals surface area (Å²) in [5.41, 5.74) is 2.13. The Morgan fingerprint density at radius 1 is 1.17 bits per heavy atom. The van der Waals surface area contributed by atoms with Gasteiger partial charge in [0, 0.05) is 38.0 Å². The number of carbonyl (C=O) groups excluding carboxylic acids is 1. The monoisotopic (exact) mass is 507 g/mol. The summed E-state index contributed by atoms with van der Waals surface area (Å²) in [6.07, 6.45) is 3.24. The summed E-state index contributed by atoms with van der Waals surface area (Å²) < 4.78 is 17.3. The average Bonchev–Trinajstić information content (AvgIpc) is 3.75. The fourth-order valence-corrected chi connectivity index (χ4v) is 5.91. The van der Waals surface area contributed by atoms with Crippen LogP contribution in [0.25, 0.3) is 22.0 Å². The first kappa shape index (κ1) is 22.4. The fraction of sp³-hybridized carbons (Fsp3) is 0.444. The molecule has 1 unspecified atom stereocenters. The van der Waals surface area contributed by atoms with Crippen LogP contribution in [0.4, 0.5) is 4.39 Å². The molecule has 36 heavy (non-hydrogen) atoms. The lowest BCUT2D eigenvalue weighted by atomic mass is 9.97. The van der Waals surface area contributed by atoms with Crippen LogP contribution in [0.5, 0.6) is 0 Å². The van der Waals surface area contributed by atoms with Gasteiger partial charge in [0.2, 0.25) is 0 Å². The van der Waals surface area contributed by atoms with Crippen LogP contribution in [-0.4, -0.2) is 67.8 Å². The Kier molecular flexibility index (Phi) is 4.88. The van der Waals surface area contributed by atoms with E-state index in [4.69, 9.17) is 16.6 Å². The minimum Gasteiger partial charge on any atom is -0.378 e. The molecule has 0 bridgehead atoms. The van der Waals surface area contributed by atoms with E-state index in [-0.39, 0.29) is 18.1 Å². The summed E-state index contributed by atoms with van der Waals surface area (Å²) in [7, 11) is 1.83. The molecule has 3 aromatic rings. The van der Waals surface area contributed by atoms with Gasteiger partial charge in [0.25, 0.3) is 5.91 Å². The van der Waals surface area contributed by atoms with Crippen LogP contribution in [-0.2, 0) is 11.8 Å². The Labute approximate surface area is 213 Å². The van der Waals surface area contributed by atoms with E-state index in [1.54, 1.807) is 15.6 Å². The van der Waals surface area contributed by atoms with Gasteiger partial charge < -0.3 is 5.11 Å². The summed E-state index contributed by atoms with van der Waals surface area (Å²) in [6.45, 7) is 2.01. The molecule has 3 fully saturated rings. The minimum absolute atomic E-state index is 0.0132. The second-order valence-electron chi connectivity index (χ2n) is 10.8. The van der Waals surface area contributed by atoms with E-state index in [9.17, 15) is 9.90 Å². The molecule has 1 aromatic heterocycles. The summed E-state index contributed by atoms with van der Waals surface area (Å²) in [5, 5.41) is 15.9. The zero-order valence-electron chi connectivity index (χ0n) is 20.0. The molecule has 7 nitrogen and oxygen atoms in total. The molecule has 7 rings (SSSR count). The van der Waals surface area contributed by atoms with Crippen molar-refractivity contribution < 1.29 is 14.3 Å². The van der Waals surface area contributed by atoms with Gasteiger partial charge in [-0.25, -0.2) is 4.39 Å². The first-order chi connectivity index (χ1) is 17.3. The van der Waals surface area contributed by atoms with Gasteiger partial charge in [-0.1, -0.05) is 23.7 Å². The zero-order valence-corrected chi connectivity index (χ0v) is 20.7. The Morgan fingerprint density at radius 3 is 2.58 bits per heavy atom. The molecule has 3 heterocycles. The maximum absolute atomic E-state index is 15.6. The van der Waals surface area contributed by atoms with E-state index in [2.05, 4.69) is 10.00 Å². The lowest BCUT2D eigenvalue weighted by Gasteiger charge is -2.43. The van der Waals surface area contributed by atoms with Gasteiger partial charge in [0.05, 0.1) is 11.1 Å². The third-order valence-electron chi connectivity index (χ3n) is 8.14. The van der Waals surface area contributed by atoms with Gasteiger partial charge >= 0.3 is 0 Å².